The Bertz CT molecular complexity index is 3980. The SMILES string of the molecule is Bc1c(B)c(B)c(-c2c(B)c(B)c(-c3c(B)c(B)c(N(c4cccc(-c5cccc6ccccc56)c4)c4cccc(-c5cccc6oc7c8ccccc8ccc7c56)c4)c(B)c3B)c(B)c2B)c(B)c1B. The van der Waals surface area contributed by atoms with Gasteiger partial charge in [0.25, 0.3) is 0 Å². The highest BCUT2D eigenvalue weighted by molar-refractivity contribution is 6.72. The first-order chi connectivity index (χ1) is 34.2. The summed E-state index contributed by atoms with van der Waals surface area (Å²) in [5.41, 5.74) is 33.1. The third-order valence-corrected chi connectivity index (χ3v) is 16.9. The summed E-state index contributed by atoms with van der Waals surface area (Å²) in [6.07, 6.45) is 0. The molecule has 71 heavy (non-hydrogen) atoms. The Labute approximate surface area is 430 Å². The van der Waals surface area contributed by atoms with Crippen LogP contribution in [0.1, 0.15) is 0 Å². The molecule has 10 aromatic carbocycles. The van der Waals surface area contributed by atoms with Crippen molar-refractivity contribution in [1.82, 2.24) is 0 Å². The molecule has 0 aliphatic heterocycles. The molecule has 11 rings (SSSR count). The van der Waals surface area contributed by atoms with E-state index >= 15 is 0 Å². The molecule has 0 fully saturated rings. The highest BCUT2D eigenvalue weighted by atomic mass is 16.3. The van der Waals surface area contributed by atoms with Gasteiger partial charge in [0.05, 0.1) is 0 Å². The van der Waals surface area contributed by atoms with E-state index < -0.39 is 0 Å². The molecule has 0 amide bonds. The Kier molecular flexibility index (Phi) is 11.7. The maximum atomic E-state index is 6.71. The van der Waals surface area contributed by atoms with Gasteiger partial charge in [-0.15, -0.1) is 16.4 Å². The lowest BCUT2D eigenvalue weighted by Gasteiger charge is -2.34. The first-order valence-electron chi connectivity index (χ1n) is 25.3. The molecule has 0 saturated heterocycles. The molecule has 11 aromatic rings. The summed E-state index contributed by atoms with van der Waals surface area (Å²) in [7, 11) is 30.3. The van der Waals surface area contributed by atoms with Gasteiger partial charge >= 0.3 is 0 Å². The zero-order valence-corrected chi connectivity index (χ0v) is 43.7. The molecule has 2 nitrogen and oxygen atoms in total. The maximum Gasteiger partial charge on any atom is 0.143 e. The molecular formula is C56H50B13NO. The van der Waals surface area contributed by atoms with E-state index in [2.05, 4.69) is 252 Å². The number of fused-ring (bicyclic) bond motifs is 6. The Morgan fingerprint density at radius 1 is 0.310 bits per heavy atom. The Morgan fingerprint density at radius 2 is 0.718 bits per heavy atom. The number of anilines is 3. The van der Waals surface area contributed by atoms with Gasteiger partial charge in [-0.3, -0.25) is 0 Å². The molecule has 0 aliphatic carbocycles. The minimum atomic E-state index is 0.894. The van der Waals surface area contributed by atoms with Gasteiger partial charge in [-0.25, -0.2) is 0 Å². The van der Waals surface area contributed by atoms with Crippen molar-refractivity contribution >= 4 is 234 Å². The van der Waals surface area contributed by atoms with Crippen LogP contribution in [0.5, 0.6) is 0 Å². The molecular weight excluding hydrogens is 843 g/mol. The summed E-state index contributed by atoms with van der Waals surface area (Å²) in [5, 5.41) is 7.06. The fourth-order valence-corrected chi connectivity index (χ4v) is 12.2. The summed E-state index contributed by atoms with van der Waals surface area (Å²) in [5.74, 6) is 0. The largest absolute Gasteiger partial charge is 0.455 e. The first-order valence-corrected chi connectivity index (χ1v) is 25.3. The van der Waals surface area contributed by atoms with Gasteiger partial charge in [-0.05, 0) is 97.1 Å². The predicted octanol–water partition coefficient (Wildman–Crippen LogP) is -6.61. The second-order valence-corrected chi connectivity index (χ2v) is 20.4. The highest BCUT2D eigenvalue weighted by Gasteiger charge is 2.27. The molecule has 0 radical (unpaired) electrons. The van der Waals surface area contributed by atoms with E-state index in [0.717, 1.165) is 49.8 Å². The van der Waals surface area contributed by atoms with Gasteiger partial charge in [0.15, 0.2) is 0 Å². The third-order valence-electron chi connectivity index (χ3n) is 16.9. The molecule has 0 bridgehead atoms. The molecule has 0 saturated carbocycles. The molecule has 15 heteroatoms. The lowest BCUT2D eigenvalue weighted by molar-refractivity contribution is 0.673. The molecule has 0 atom stereocenters. The van der Waals surface area contributed by atoms with Crippen molar-refractivity contribution in [3.8, 4) is 44.5 Å². The smallest absolute Gasteiger partial charge is 0.143 e. The van der Waals surface area contributed by atoms with Gasteiger partial charge in [-0.2, -0.15) is 0 Å². The molecule has 1 aromatic heterocycles. The van der Waals surface area contributed by atoms with E-state index in [-0.39, 0.29) is 0 Å². The minimum Gasteiger partial charge on any atom is -0.455 e. The van der Waals surface area contributed by atoms with E-state index in [1.165, 1.54) is 126 Å². The van der Waals surface area contributed by atoms with Crippen LogP contribution in [0.25, 0.3) is 88.0 Å². The van der Waals surface area contributed by atoms with Crippen molar-refractivity contribution < 1.29 is 4.42 Å². The normalized spacial score (nSPS) is 11.5. The highest BCUT2D eigenvalue weighted by Crippen LogP contribution is 2.42. The number of nitrogens with zero attached hydrogens (tertiary/aromatic N) is 1. The summed E-state index contributed by atoms with van der Waals surface area (Å²) in [6, 6.07) is 53.1. The predicted molar refractivity (Wildman–Crippen MR) is 351 cm³/mol. The topological polar surface area (TPSA) is 16.4 Å². The van der Waals surface area contributed by atoms with Crippen molar-refractivity contribution in [2.24, 2.45) is 0 Å². The van der Waals surface area contributed by atoms with Crippen LogP contribution in [0, 0.1) is 0 Å². The molecule has 1 heterocycles. The van der Waals surface area contributed by atoms with Crippen molar-refractivity contribution in [2.75, 3.05) is 4.90 Å². The number of rotatable bonds is 7. The number of furan rings is 1. The number of hydrogen-bond acceptors (Lipinski definition) is 2. The van der Waals surface area contributed by atoms with E-state index in [9.17, 15) is 0 Å². The third kappa shape index (κ3) is 7.28. The fourth-order valence-electron chi connectivity index (χ4n) is 12.2. The van der Waals surface area contributed by atoms with Gasteiger partial charge in [0.1, 0.15) is 113 Å². The van der Waals surface area contributed by atoms with Crippen molar-refractivity contribution in [3.63, 3.8) is 0 Å². The average molecular weight is 894 g/mol. The van der Waals surface area contributed by atoms with E-state index in [4.69, 9.17) is 4.42 Å². The Hall–Kier alpha value is -6.84. The van der Waals surface area contributed by atoms with Crippen molar-refractivity contribution in [3.05, 3.63) is 146 Å². The molecule has 0 unspecified atom stereocenters. The van der Waals surface area contributed by atoms with Crippen LogP contribution in [-0.2, 0) is 0 Å². The lowest BCUT2D eigenvalue weighted by atomic mass is 9.55. The summed E-state index contributed by atoms with van der Waals surface area (Å²) < 4.78 is 6.71. The quantitative estimate of drug-likeness (QED) is 0.148. The van der Waals surface area contributed by atoms with E-state index in [1.807, 2.05) is 0 Å². The van der Waals surface area contributed by atoms with Gasteiger partial charge in [0.2, 0.25) is 0 Å². The van der Waals surface area contributed by atoms with Crippen LogP contribution in [-0.4, -0.2) is 102 Å². The minimum absolute atomic E-state index is 0.894. The standard InChI is InChI=1S/C56H50B13NO/c57-42-38(40-46(61)50(65)52(67)51(66)47(40)62)43(58)45(60)39(44(42)59)41-48(63)53(68)55(54(69)49(41)64)70(29-14-5-12-27(23-29)32-18-7-11-25-9-1-3-16-31(25)32)30-15-6-13-28(24-30)33-19-8-20-36-37(33)35-22-21-26-10-2-4-17-34(26)56(35)71-36/h1-24H,57-69H2. The van der Waals surface area contributed by atoms with Crippen molar-refractivity contribution in [1.29, 1.82) is 0 Å². The molecule has 0 N–H and O–H groups in total. The molecule has 0 aliphatic rings. The van der Waals surface area contributed by atoms with Gasteiger partial charge in [-0.1, -0.05) is 164 Å². The van der Waals surface area contributed by atoms with Gasteiger partial charge < -0.3 is 9.32 Å². The van der Waals surface area contributed by atoms with Crippen LogP contribution in [0.15, 0.2) is 150 Å². The summed E-state index contributed by atoms with van der Waals surface area (Å²) in [6.45, 7) is 0. The van der Waals surface area contributed by atoms with Crippen LogP contribution in [0.3, 0.4) is 0 Å². The maximum absolute atomic E-state index is 6.71. The monoisotopic (exact) mass is 896 g/mol. The zero-order valence-electron chi connectivity index (χ0n) is 43.7. The Morgan fingerprint density at radius 3 is 1.28 bits per heavy atom. The van der Waals surface area contributed by atoms with Gasteiger partial charge in [0, 0.05) is 33.2 Å². The van der Waals surface area contributed by atoms with Crippen molar-refractivity contribution in [2.45, 2.75) is 0 Å². The van der Waals surface area contributed by atoms with Crippen LogP contribution in [0.2, 0.25) is 0 Å². The average Bonchev–Trinajstić information content (AvgIpc) is 3.79. The molecule has 0 spiro atoms. The lowest BCUT2D eigenvalue weighted by Crippen LogP contribution is -2.57. The van der Waals surface area contributed by atoms with Crippen LogP contribution >= 0.6 is 0 Å². The van der Waals surface area contributed by atoms with Crippen LogP contribution in [0.4, 0.5) is 17.1 Å². The van der Waals surface area contributed by atoms with E-state index in [1.54, 1.807) is 0 Å². The van der Waals surface area contributed by atoms with Crippen LogP contribution < -0.4 is 75.9 Å². The zero-order chi connectivity index (χ0) is 49.7. The second kappa shape index (κ2) is 17.8. The number of hydrogen-bond donors (Lipinski definition) is 0. The number of benzene rings is 10. The second-order valence-electron chi connectivity index (χ2n) is 20.4. The fraction of sp³-hybridized carbons (Fsp3) is 0. The summed E-state index contributed by atoms with van der Waals surface area (Å²) >= 11 is 0. The molecule has 324 valence electrons. The Balaban J connectivity index is 1.13. The first kappa shape index (κ1) is 46.5. The van der Waals surface area contributed by atoms with E-state index in [0.29, 0.717) is 0 Å². The summed E-state index contributed by atoms with van der Waals surface area (Å²) in [4.78, 5) is 2.53.